The largest absolute Gasteiger partial charge is 0.310 e. The molecule has 446 valence electrons. The summed E-state index contributed by atoms with van der Waals surface area (Å²) in [5.74, 6) is 0. The van der Waals surface area contributed by atoms with E-state index in [2.05, 4.69) is 144 Å². The van der Waals surface area contributed by atoms with Crippen LogP contribution in [0.5, 0.6) is 0 Å². The van der Waals surface area contributed by atoms with Crippen LogP contribution < -0.4 is 26.2 Å². The van der Waals surface area contributed by atoms with Gasteiger partial charge in [0.15, 0.2) is 0 Å². The standard InChI is InChI=1S/C89H62BN5/c1-89(2,3)67-53-74(60-29-12-6-13-30-60)88(75(54-67)61-31-14-7-15-32-61)95-84-56-69(93-80-41-22-18-37-72(80)73-38-19-23-42-81(73)93)46-48-77(84)90-76-47-44-64(59-27-10-5-11-28-59)50-83(76)94(85-51-66(52-86(95)87(85)90)63-34-24-33-62(49-63)58-25-8-4-9-26-58)82-55-68(45-43-65(82)57-91)92-78-39-20-16-35-70(78)71-36-17-21-40-79(71)92/h4-56H,1-3H3/i5D,10D,11D,18D,19D,22D,23D,27D,28D,37D,38D,41D,42D. The molecule has 0 atom stereocenters. The lowest BCUT2D eigenvalue weighted by Gasteiger charge is -2.45. The predicted molar refractivity (Wildman–Crippen MR) is 400 cm³/mol. The van der Waals surface area contributed by atoms with E-state index in [-0.39, 0.29) is 27.4 Å². The first-order chi connectivity index (χ1) is 52.1. The van der Waals surface area contributed by atoms with E-state index in [1.807, 2.05) is 133 Å². The van der Waals surface area contributed by atoms with Crippen molar-refractivity contribution in [3.63, 3.8) is 0 Å². The molecule has 14 aromatic carbocycles. The second kappa shape index (κ2) is 22.0. The fourth-order valence-corrected chi connectivity index (χ4v) is 14.6. The SMILES string of the molecule is [2H]c1c([2H])c([2H])c(-c2ccc3c(c2)N(c2cc(-n4c5ccccc5c5ccccc54)ccc2C#N)c2cc(-c4cccc(-c5ccccc5)c4)cc4c2B3c2ccc(-n3c5c([2H])c([2H])c([2H])c([2H])c5c5c([2H])c([2H])c([2H])c([2H])c53)cc2N4c2c(-c3ccccc3)cc(C(C)(C)C)cc2-c2ccccc2)c([2H])c1[2H]. The predicted octanol–water partition coefficient (Wildman–Crippen LogP) is 21.5. The van der Waals surface area contributed by atoms with Crippen molar-refractivity contribution >= 4 is 101 Å². The maximum absolute atomic E-state index is 11.9. The molecule has 0 radical (unpaired) electrons. The number of hydrogen-bond donors (Lipinski definition) is 0. The fourth-order valence-electron chi connectivity index (χ4n) is 14.6. The van der Waals surface area contributed by atoms with Gasteiger partial charge < -0.3 is 18.9 Å². The van der Waals surface area contributed by atoms with E-state index >= 15 is 0 Å². The van der Waals surface area contributed by atoms with Crippen molar-refractivity contribution in [3.8, 4) is 73.1 Å². The molecule has 4 heterocycles. The van der Waals surface area contributed by atoms with E-state index in [4.69, 9.17) is 6.85 Å². The number of fused-ring (bicyclic) bond motifs is 10. The minimum absolute atomic E-state index is 0.0242. The third-order valence-electron chi connectivity index (χ3n) is 19.0. The lowest BCUT2D eigenvalue weighted by Crippen LogP contribution is -2.61. The van der Waals surface area contributed by atoms with E-state index in [0.717, 1.165) is 94.2 Å². The third-order valence-corrected chi connectivity index (χ3v) is 19.0. The van der Waals surface area contributed by atoms with Crippen LogP contribution >= 0.6 is 0 Å². The van der Waals surface area contributed by atoms with Crippen molar-refractivity contribution in [2.75, 3.05) is 9.80 Å². The van der Waals surface area contributed by atoms with Crippen molar-refractivity contribution in [2.45, 2.75) is 26.2 Å². The van der Waals surface area contributed by atoms with Crippen LogP contribution in [0.3, 0.4) is 0 Å². The van der Waals surface area contributed by atoms with Gasteiger partial charge in [0.2, 0.25) is 0 Å². The Bertz CT molecular complexity index is 6400. The normalized spacial score (nSPS) is 14.4. The molecule has 0 fully saturated rings. The second-order valence-electron chi connectivity index (χ2n) is 25.4. The van der Waals surface area contributed by atoms with E-state index in [9.17, 15) is 16.2 Å². The lowest BCUT2D eigenvalue weighted by molar-refractivity contribution is 0.591. The Balaban J connectivity index is 1.05. The number of para-hydroxylation sites is 4. The second-order valence-corrected chi connectivity index (χ2v) is 25.4. The van der Waals surface area contributed by atoms with E-state index in [0.29, 0.717) is 50.7 Å². The summed E-state index contributed by atoms with van der Waals surface area (Å²) in [6.45, 7) is 5.82. The van der Waals surface area contributed by atoms with E-state index in [1.54, 1.807) is 10.6 Å². The summed E-state index contributed by atoms with van der Waals surface area (Å²) in [5, 5.41) is 13.8. The molecule has 0 unspecified atom stereocenters. The highest BCUT2D eigenvalue weighted by Crippen LogP contribution is 2.54. The number of hydrogen-bond acceptors (Lipinski definition) is 3. The van der Waals surface area contributed by atoms with Gasteiger partial charge in [0.05, 0.1) is 56.8 Å². The molecule has 0 saturated carbocycles. The molecule has 2 aromatic heterocycles. The lowest BCUT2D eigenvalue weighted by atomic mass is 9.33. The first-order valence-corrected chi connectivity index (χ1v) is 31.8. The number of nitrogens with zero attached hydrogens (tertiary/aromatic N) is 5. The van der Waals surface area contributed by atoms with Gasteiger partial charge in [-0.05, 0) is 163 Å². The van der Waals surface area contributed by atoms with Crippen LogP contribution in [0.15, 0.2) is 321 Å². The van der Waals surface area contributed by atoms with Gasteiger partial charge in [0.25, 0.3) is 6.71 Å². The van der Waals surface area contributed by atoms with E-state index in [1.165, 1.54) is 0 Å². The van der Waals surface area contributed by atoms with Gasteiger partial charge >= 0.3 is 0 Å². The summed E-state index contributed by atoms with van der Waals surface area (Å²) in [5.41, 5.74) is 16.9. The maximum Gasteiger partial charge on any atom is 0.252 e. The van der Waals surface area contributed by atoms with Crippen molar-refractivity contribution in [3.05, 3.63) is 332 Å². The number of rotatable bonds is 9. The zero-order valence-corrected chi connectivity index (χ0v) is 51.9. The summed E-state index contributed by atoms with van der Waals surface area (Å²) in [7, 11) is 0. The molecule has 0 spiro atoms. The highest BCUT2D eigenvalue weighted by Gasteiger charge is 2.46. The maximum atomic E-state index is 11.9. The van der Waals surface area contributed by atoms with Gasteiger partial charge in [0.1, 0.15) is 6.07 Å². The van der Waals surface area contributed by atoms with Crippen LogP contribution in [0.25, 0.3) is 111 Å². The number of benzene rings is 14. The highest BCUT2D eigenvalue weighted by atomic mass is 15.2. The number of nitriles is 1. The van der Waals surface area contributed by atoms with Crippen molar-refractivity contribution in [2.24, 2.45) is 0 Å². The summed E-state index contributed by atoms with van der Waals surface area (Å²) in [6, 6.07) is 77.7. The van der Waals surface area contributed by atoms with Crippen LogP contribution in [0, 0.1) is 11.3 Å². The molecule has 5 nitrogen and oxygen atoms in total. The molecule has 0 amide bonds. The summed E-state index contributed by atoms with van der Waals surface area (Å²) in [6.07, 6.45) is 0. The van der Waals surface area contributed by atoms with Crippen LogP contribution in [0.2, 0.25) is 0 Å². The zero-order valence-electron chi connectivity index (χ0n) is 64.9. The number of anilines is 6. The molecular weight excluding hydrogens is 1150 g/mol. The van der Waals surface area contributed by atoms with Crippen molar-refractivity contribution in [1.82, 2.24) is 9.13 Å². The monoisotopic (exact) mass is 1220 g/mol. The Morgan fingerprint density at radius 3 is 1.41 bits per heavy atom. The molecule has 0 bridgehead atoms. The van der Waals surface area contributed by atoms with E-state index < -0.39 is 90.7 Å². The fraction of sp³-hybridized carbons (Fsp3) is 0.0449. The minimum atomic E-state index is -0.756. The Morgan fingerprint density at radius 1 is 0.347 bits per heavy atom. The summed E-state index contributed by atoms with van der Waals surface area (Å²) >= 11 is 0. The van der Waals surface area contributed by atoms with Crippen molar-refractivity contribution in [1.29, 1.82) is 5.26 Å². The van der Waals surface area contributed by atoms with Gasteiger partial charge in [-0.1, -0.05) is 251 Å². The van der Waals surface area contributed by atoms with Crippen LogP contribution in [-0.2, 0) is 5.41 Å². The molecule has 95 heavy (non-hydrogen) atoms. The van der Waals surface area contributed by atoms with Gasteiger partial charge in [0, 0.05) is 66.8 Å². The molecule has 2 aliphatic rings. The summed E-state index contributed by atoms with van der Waals surface area (Å²) in [4.78, 5) is 4.40. The first kappa shape index (κ1) is 43.6. The molecule has 6 heteroatoms. The Labute approximate surface area is 571 Å². The smallest absolute Gasteiger partial charge is 0.252 e. The molecule has 0 N–H and O–H groups in total. The van der Waals surface area contributed by atoms with Crippen LogP contribution in [0.4, 0.5) is 34.1 Å². The Hall–Kier alpha value is -12.2. The Morgan fingerprint density at radius 2 is 0.811 bits per heavy atom. The molecule has 0 saturated heterocycles. The van der Waals surface area contributed by atoms with Crippen LogP contribution in [-0.4, -0.2) is 15.8 Å². The molecule has 16 aromatic rings. The topological polar surface area (TPSA) is 40.1 Å². The van der Waals surface area contributed by atoms with Crippen LogP contribution in [0.1, 0.15) is 49.7 Å². The van der Waals surface area contributed by atoms with Gasteiger partial charge in [-0.2, -0.15) is 5.26 Å². The average Bonchev–Trinajstić information content (AvgIpc) is 0.804. The Kier molecular flexibility index (Phi) is 10.1. The third kappa shape index (κ3) is 8.99. The molecule has 2 aliphatic heterocycles. The number of aromatic nitrogens is 2. The van der Waals surface area contributed by atoms with Gasteiger partial charge in [-0.3, -0.25) is 0 Å². The van der Waals surface area contributed by atoms with Gasteiger partial charge in [-0.25, -0.2) is 0 Å². The summed E-state index contributed by atoms with van der Waals surface area (Å²) < 4.78 is 125. The molecule has 0 aliphatic carbocycles. The van der Waals surface area contributed by atoms with Crippen molar-refractivity contribution < 1.29 is 17.8 Å². The molecular formula is C89H62BN5. The average molecular weight is 1230 g/mol. The quantitative estimate of drug-likeness (QED) is 0.135. The zero-order chi connectivity index (χ0) is 74.8. The molecule has 18 rings (SSSR count). The van der Waals surface area contributed by atoms with Gasteiger partial charge in [-0.15, -0.1) is 0 Å². The highest BCUT2D eigenvalue weighted by molar-refractivity contribution is 7.00. The minimum Gasteiger partial charge on any atom is -0.310 e. The first-order valence-electron chi connectivity index (χ1n) is 38.3.